The van der Waals surface area contributed by atoms with Crippen LogP contribution in [-0.2, 0) is 0 Å². The molecule has 42 heavy (non-hydrogen) atoms. The molecule has 0 radical (unpaired) electrons. The maximum absolute atomic E-state index is 13.3. The number of anilines is 2. The van der Waals surface area contributed by atoms with Crippen molar-refractivity contribution >= 4 is 45.3 Å². The third-order valence-corrected chi connectivity index (χ3v) is 8.54. The maximum Gasteiger partial charge on any atom is 0.258 e. The number of nitrogen functional groups attached to an aromatic ring is 2. The average Bonchev–Trinajstić information content (AvgIpc) is 2.95. The minimum absolute atomic E-state index is 0.221. The number of nitrogens with two attached hydrogens (primary N) is 2. The molecule has 0 amide bonds. The van der Waals surface area contributed by atoms with Crippen molar-refractivity contribution in [1.29, 1.82) is 0 Å². The van der Waals surface area contributed by atoms with Crippen molar-refractivity contribution < 1.29 is 0 Å². The van der Waals surface area contributed by atoms with E-state index in [0.29, 0.717) is 22.4 Å². The minimum Gasteiger partial charge on any atom is -0.385 e. The van der Waals surface area contributed by atoms with Gasteiger partial charge in [-0.3, -0.25) is 9.59 Å². The lowest BCUT2D eigenvalue weighted by molar-refractivity contribution is 0.568. The first-order valence-corrected chi connectivity index (χ1v) is 16.9. The van der Waals surface area contributed by atoms with Gasteiger partial charge in [-0.2, -0.15) is 0 Å². The minimum atomic E-state index is -0.221. The molecule has 0 saturated heterocycles. The van der Waals surface area contributed by atoms with Crippen molar-refractivity contribution in [2.75, 3.05) is 11.5 Å². The van der Waals surface area contributed by atoms with E-state index >= 15 is 0 Å². The fourth-order valence-electron chi connectivity index (χ4n) is 6.22. The van der Waals surface area contributed by atoms with E-state index in [1.165, 1.54) is 89.9 Å². The first-order chi connectivity index (χ1) is 20.5. The van der Waals surface area contributed by atoms with Crippen LogP contribution in [0.3, 0.4) is 0 Å². The van der Waals surface area contributed by atoms with Crippen molar-refractivity contribution in [3.63, 3.8) is 0 Å². The molecular formula is C36H56N4O2. The van der Waals surface area contributed by atoms with Gasteiger partial charge in [0.15, 0.2) is 0 Å². The fraction of sp³-hybridized carbons (Fsp3) is 0.611. The van der Waals surface area contributed by atoms with Gasteiger partial charge in [0.05, 0.1) is 10.8 Å². The molecule has 3 rings (SSSR count). The standard InChI is InChI=1S/C36H56N4O2/c1-3-5-7-9-11-13-15-17-19-21-23-27-29-25-31(37)40-36(42)34(29)28(30-26-32(38)39-35(41)33(27)30)24-22-20-18-16-14-12-10-8-6-4-2/h23-26H,3-22H2,1-2H3,(H3,38,39,41)(H3,37,40,42). The number of H-pyrrole nitrogens is 2. The summed E-state index contributed by atoms with van der Waals surface area (Å²) in [4.78, 5) is 32.2. The molecule has 2 aromatic heterocycles. The van der Waals surface area contributed by atoms with Gasteiger partial charge in [-0.1, -0.05) is 129 Å². The number of aromatic amines is 2. The number of unbranched alkanes of at least 4 members (excludes halogenated alkanes) is 18. The highest BCUT2D eigenvalue weighted by atomic mass is 16.1. The highest BCUT2D eigenvalue weighted by molar-refractivity contribution is 6.01. The van der Waals surface area contributed by atoms with Gasteiger partial charge in [0.2, 0.25) is 0 Å². The Morgan fingerprint density at radius 3 is 1.17 bits per heavy atom. The fourth-order valence-corrected chi connectivity index (χ4v) is 6.22. The number of rotatable bonds is 20. The zero-order chi connectivity index (χ0) is 30.2. The van der Waals surface area contributed by atoms with E-state index in [1.807, 2.05) is 12.1 Å². The molecule has 0 bridgehead atoms. The second kappa shape index (κ2) is 18.5. The Bertz CT molecular complexity index is 1370. The lowest BCUT2D eigenvalue weighted by Crippen LogP contribution is -2.28. The lowest BCUT2D eigenvalue weighted by atomic mass is 9.97. The average molecular weight is 577 g/mol. The van der Waals surface area contributed by atoms with Crippen molar-refractivity contribution in [1.82, 2.24) is 9.97 Å². The van der Waals surface area contributed by atoms with Gasteiger partial charge in [-0.15, -0.1) is 0 Å². The Labute approximate surface area is 252 Å². The first-order valence-electron chi connectivity index (χ1n) is 16.9. The first kappa shape index (κ1) is 33.5. The summed E-state index contributed by atoms with van der Waals surface area (Å²) in [5.74, 6) is 0.614. The van der Waals surface area contributed by atoms with Crippen molar-refractivity contribution in [2.24, 2.45) is 0 Å². The summed E-state index contributed by atoms with van der Waals surface area (Å²) in [5, 5.41) is 4.26. The Kier molecular flexibility index (Phi) is 14.8. The van der Waals surface area contributed by atoms with Gasteiger partial charge in [0.1, 0.15) is 11.6 Å². The Hall–Kier alpha value is -3.02. The molecule has 0 saturated carbocycles. The van der Waals surface area contributed by atoms with Crippen LogP contribution >= 0.6 is 0 Å². The van der Waals surface area contributed by atoms with Gasteiger partial charge >= 0.3 is 0 Å². The SMILES string of the molecule is CCCCCCCCCCCC=c1c2cc(N)[nH]c(=O)c2c(=CCCCCCCCCCCC)c2cc(N)[nH]c(=O)c12. The molecular weight excluding hydrogens is 520 g/mol. The van der Waals surface area contributed by atoms with Crippen LogP contribution in [0.15, 0.2) is 21.7 Å². The van der Waals surface area contributed by atoms with E-state index in [9.17, 15) is 9.59 Å². The number of pyridine rings is 2. The van der Waals surface area contributed by atoms with E-state index in [2.05, 4.69) is 36.0 Å². The Morgan fingerprint density at radius 1 is 0.524 bits per heavy atom. The molecule has 6 N–H and O–H groups in total. The van der Waals surface area contributed by atoms with Crippen molar-refractivity contribution in [2.45, 2.75) is 142 Å². The molecule has 6 heteroatoms. The van der Waals surface area contributed by atoms with Gasteiger partial charge in [0, 0.05) is 0 Å². The number of aromatic nitrogens is 2. The summed E-state index contributed by atoms with van der Waals surface area (Å²) in [7, 11) is 0. The Morgan fingerprint density at radius 2 is 0.833 bits per heavy atom. The van der Waals surface area contributed by atoms with Crippen LogP contribution in [0.2, 0.25) is 0 Å². The van der Waals surface area contributed by atoms with E-state index in [-0.39, 0.29) is 11.1 Å². The molecule has 0 fully saturated rings. The molecule has 0 atom stereocenters. The third kappa shape index (κ3) is 10.1. The molecule has 2 heterocycles. The molecule has 3 aromatic rings. The van der Waals surface area contributed by atoms with Crippen molar-refractivity contribution in [3.05, 3.63) is 43.3 Å². The maximum atomic E-state index is 13.3. The Balaban J connectivity index is 1.83. The summed E-state index contributed by atoms with van der Waals surface area (Å²) in [6, 6.07) is 3.62. The molecule has 0 spiro atoms. The van der Waals surface area contributed by atoms with E-state index < -0.39 is 0 Å². The smallest absolute Gasteiger partial charge is 0.258 e. The zero-order valence-corrected chi connectivity index (χ0v) is 26.4. The van der Waals surface area contributed by atoms with E-state index in [4.69, 9.17) is 11.5 Å². The molecule has 0 unspecified atom stereocenters. The predicted molar refractivity (Wildman–Crippen MR) is 183 cm³/mol. The normalized spacial score (nSPS) is 12.7. The topological polar surface area (TPSA) is 118 Å². The van der Waals surface area contributed by atoms with Gasteiger partial charge < -0.3 is 21.4 Å². The summed E-state index contributed by atoms with van der Waals surface area (Å²) in [6.07, 6.45) is 28.6. The van der Waals surface area contributed by atoms with Gasteiger partial charge in [-0.05, 0) is 59.0 Å². The highest BCUT2D eigenvalue weighted by Crippen LogP contribution is 2.15. The second-order valence-corrected chi connectivity index (χ2v) is 12.2. The number of nitrogens with one attached hydrogen (secondary N) is 2. The van der Waals surface area contributed by atoms with Crippen molar-refractivity contribution in [3.8, 4) is 0 Å². The van der Waals surface area contributed by atoms with E-state index in [1.54, 1.807) is 0 Å². The quantitative estimate of drug-likeness (QED) is 0.0806. The van der Waals surface area contributed by atoms with Gasteiger partial charge in [0.25, 0.3) is 11.1 Å². The molecule has 6 nitrogen and oxygen atoms in total. The lowest BCUT2D eigenvalue weighted by Gasteiger charge is -2.09. The molecule has 1 aromatic carbocycles. The molecule has 232 valence electrons. The van der Waals surface area contributed by atoms with Crippen LogP contribution in [0.5, 0.6) is 0 Å². The van der Waals surface area contributed by atoms with Gasteiger partial charge in [-0.25, -0.2) is 0 Å². The van der Waals surface area contributed by atoms with E-state index in [0.717, 1.165) is 59.7 Å². The molecule has 0 aliphatic carbocycles. The highest BCUT2D eigenvalue weighted by Gasteiger charge is 2.13. The number of fused-ring (bicyclic) bond motifs is 2. The predicted octanol–water partition coefficient (Wildman–Crippen LogP) is 7.94. The van der Waals surface area contributed by atoms with Crippen LogP contribution in [0.25, 0.3) is 33.7 Å². The summed E-state index contributed by atoms with van der Waals surface area (Å²) >= 11 is 0. The summed E-state index contributed by atoms with van der Waals surface area (Å²) in [6.45, 7) is 4.50. The molecule has 0 aliphatic rings. The van der Waals surface area contributed by atoms with Crippen LogP contribution in [-0.4, -0.2) is 9.97 Å². The monoisotopic (exact) mass is 576 g/mol. The van der Waals surface area contributed by atoms with Crippen LogP contribution < -0.4 is 33.0 Å². The third-order valence-electron chi connectivity index (χ3n) is 8.54. The summed E-state index contributed by atoms with van der Waals surface area (Å²) in [5.41, 5.74) is 11.8. The largest absolute Gasteiger partial charge is 0.385 e. The second-order valence-electron chi connectivity index (χ2n) is 12.2. The number of hydrogen-bond acceptors (Lipinski definition) is 4. The van der Waals surface area contributed by atoms with Crippen LogP contribution in [0.1, 0.15) is 142 Å². The van der Waals surface area contributed by atoms with Crippen LogP contribution in [0, 0.1) is 0 Å². The number of benzene rings is 1. The van der Waals surface area contributed by atoms with Crippen LogP contribution in [0.4, 0.5) is 11.6 Å². The zero-order valence-electron chi connectivity index (χ0n) is 26.4. The summed E-state index contributed by atoms with van der Waals surface area (Å²) < 4.78 is 0. The number of hydrogen-bond donors (Lipinski definition) is 4. The molecule has 0 aliphatic heterocycles.